The summed E-state index contributed by atoms with van der Waals surface area (Å²) in [4.78, 5) is 11.9. The van der Waals surface area contributed by atoms with Gasteiger partial charge in [-0.15, -0.1) is 0 Å². The Morgan fingerprint density at radius 1 is 1.33 bits per heavy atom. The molecule has 0 unspecified atom stereocenters. The smallest absolute Gasteiger partial charge is 0.358 e. The minimum Gasteiger partial charge on any atom is -0.494 e. The molecule has 1 aromatic carbocycles. The van der Waals surface area contributed by atoms with E-state index in [9.17, 15) is 4.79 Å². The van der Waals surface area contributed by atoms with Gasteiger partial charge in [-0.25, -0.2) is 9.48 Å². The Labute approximate surface area is 124 Å². The van der Waals surface area contributed by atoms with Crippen LogP contribution in [-0.4, -0.2) is 29.5 Å². The summed E-state index contributed by atoms with van der Waals surface area (Å²) < 4.78 is 12.1. The number of aromatic nitrogens is 2. The SMILES string of the molecule is CCOC(=O)c1cc(C(C)C)n(-c2ccccc2OC)n1. The number of hydrogen-bond acceptors (Lipinski definition) is 4. The lowest BCUT2D eigenvalue weighted by molar-refractivity contribution is 0.0519. The van der Waals surface area contributed by atoms with Crippen molar-refractivity contribution in [2.45, 2.75) is 26.7 Å². The van der Waals surface area contributed by atoms with Gasteiger partial charge in [-0.2, -0.15) is 5.10 Å². The van der Waals surface area contributed by atoms with Crippen LogP contribution >= 0.6 is 0 Å². The zero-order valence-electron chi connectivity index (χ0n) is 12.8. The molecule has 0 radical (unpaired) electrons. The summed E-state index contributed by atoms with van der Waals surface area (Å²) in [6.07, 6.45) is 0. The van der Waals surface area contributed by atoms with Crippen LogP contribution in [0.5, 0.6) is 5.75 Å². The minimum atomic E-state index is -0.409. The molecule has 0 fully saturated rings. The van der Waals surface area contributed by atoms with Gasteiger partial charge in [0.1, 0.15) is 11.4 Å². The maximum absolute atomic E-state index is 11.9. The van der Waals surface area contributed by atoms with Gasteiger partial charge in [0.15, 0.2) is 5.69 Å². The van der Waals surface area contributed by atoms with E-state index in [1.54, 1.807) is 24.8 Å². The number of carbonyl (C=O) groups is 1. The molecule has 0 N–H and O–H groups in total. The monoisotopic (exact) mass is 288 g/mol. The van der Waals surface area contributed by atoms with Crippen molar-refractivity contribution in [1.29, 1.82) is 0 Å². The van der Waals surface area contributed by atoms with Crippen LogP contribution in [0, 0.1) is 0 Å². The van der Waals surface area contributed by atoms with Crippen molar-refractivity contribution in [3.63, 3.8) is 0 Å². The molecule has 2 rings (SSSR count). The molecule has 112 valence electrons. The van der Waals surface area contributed by atoms with E-state index in [4.69, 9.17) is 9.47 Å². The number of rotatable bonds is 5. The molecule has 2 aromatic rings. The van der Waals surface area contributed by atoms with Crippen LogP contribution in [0.15, 0.2) is 30.3 Å². The Balaban J connectivity index is 2.54. The predicted molar refractivity (Wildman–Crippen MR) is 80.2 cm³/mol. The molecule has 0 spiro atoms. The third-order valence-electron chi connectivity index (χ3n) is 3.13. The normalized spacial score (nSPS) is 10.7. The number of methoxy groups -OCH3 is 1. The summed E-state index contributed by atoms with van der Waals surface area (Å²) >= 11 is 0. The third-order valence-corrected chi connectivity index (χ3v) is 3.13. The zero-order chi connectivity index (χ0) is 15.4. The number of esters is 1. The second kappa shape index (κ2) is 6.43. The molecule has 0 atom stereocenters. The van der Waals surface area contributed by atoms with E-state index in [0.717, 1.165) is 11.4 Å². The van der Waals surface area contributed by atoms with Gasteiger partial charge in [-0.05, 0) is 31.0 Å². The van der Waals surface area contributed by atoms with E-state index in [-0.39, 0.29) is 5.92 Å². The molecule has 0 bridgehead atoms. The van der Waals surface area contributed by atoms with Crippen LogP contribution < -0.4 is 4.74 Å². The Kier molecular flexibility index (Phi) is 4.62. The van der Waals surface area contributed by atoms with Crippen molar-refractivity contribution >= 4 is 5.97 Å². The molecular formula is C16H20N2O3. The molecule has 0 aliphatic rings. The van der Waals surface area contributed by atoms with Gasteiger partial charge in [0.05, 0.1) is 13.7 Å². The van der Waals surface area contributed by atoms with Crippen molar-refractivity contribution < 1.29 is 14.3 Å². The fourth-order valence-electron chi connectivity index (χ4n) is 2.11. The minimum absolute atomic E-state index is 0.214. The second-order valence-electron chi connectivity index (χ2n) is 4.91. The standard InChI is InChI=1S/C16H20N2O3/c1-5-21-16(19)12-10-14(11(2)3)18(17-12)13-8-6-7-9-15(13)20-4/h6-11H,5H2,1-4H3. The van der Waals surface area contributed by atoms with Gasteiger partial charge >= 0.3 is 5.97 Å². The average Bonchev–Trinajstić information content (AvgIpc) is 2.92. The van der Waals surface area contributed by atoms with E-state index >= 15 is 0 Å². The number of nitrogens with zero attached hydrogens (tertiary/aromatic N) is 2. The summed E-state index contributed by atoms with van der Waals surface area (Å²) in [7, 11) is 1.61. The number of ether oxygens (including phenoxy) is 2. The van der Waals surface area contributed by atoms with E-state index < -0.39 is 5.97 Å². The van der Waals surface area contributed by atoms with E-state index in [2.05, 4.69) is 18.9 Å². The predicted octanol–water partition coefficient (Wildman–Crippen LogP) is 3.18. The van der Waals surface area contributed by atoms with E-state index in [1.165, 1.54) is 0 Å². The Bertz CT molecular complexity index is 632. The van der Waals surface area contributed by atoms with Crippen LogP contribution in [0.4, 0.5) is 0 Å². The van der Waals surface area contributed by atoms with Gasteiger partial charge in [-0.3, -0.25) is 0 Å². The van der Waals surface area contributed by atoms with E-state index in [0.29, 0.717) is 18.1 Å². The first kappa shape index (κ1) is 15.1. The number of carbonyl (C=O) groups excluding carboxylic acids is 1. The largest absolute Gasteiger partial charge is 0.494 e. The first-order valence-electron chi connectivity index (χ1n) is 6.99. The van der Waals surface area contributed by atoms with Crippen molar-refractivity contribution in [3.8, 4) is 11.4 Å². The Morgan fingerprint density at radius 3 is 2.67 bits per heavy atom. The van der Waals surface area contributed by atoms with Crippen LogP contribution in [0.25, 0.3) is 5.69 Å². The molecule has 0 amide bonds. The molecule has 0 saturated carbocycles. The lowest BCUT2D eigenvalue weighted by atomic mass is 10.1. The summed E-state index contributed by atoms with van der Waals surface area (Å²) in [5, 5.41) is 4.39. The first-order chi connectivity index (χ1) is 10.1. The maximum atomic E-state index is 11.9. The highest BCUT2D eigenvalue weighted by Crippen LogP contribution is 2.27. The van der Waals surface area contributed by atoms with Gasteiger partial charge < -0.3 is 9.47 Å². The topological polar surface area (TPSA) is 53.4 Å². The zero-order valence-corrected chi connectivity index (χ0v) is 12.8. The molecule has 0 aliphatic heterocycles. The molecular weight excluding hydrogens is 268 g/mol. The van der Waals surface area contributed by atoms with Crippen LogP contribution in [0.2, 0.25) is 0 Å². The van der Waals surface area contributed by atoms with Gasteiger partial charge in [-0.1, -0.05) is 26.0 Å². The van der Waals surface area contributed by atoms with Crippen LogP contribution in [0.3, 0.4) is 0 Å². The Hall–Kier alpha value is -2.30. The van der Waals surface area contributed by atoms with Gasteiger partial charge in [0.2, 0.25) is 0 Å². The molecule has 5 nitrogen and oxygen atoms in total. The fraction of sp³-hybridized carbons (Fsp3) is 0.375. The molecule has 1 heterocycles. The molecule has 5 heteroatoms. The van der Waals surface area contributed by atoms with Crippen molar-refractivity contribution in [2.75, 3.05) is 13.7 Å². The first-order valence-corrected chi connectivity index (χ1v) is 6.99. The number of para-hydroxylation sites is 2. The average molecular weight is 288 g/mol. The van der Waals surface area contributed by atoms with Crippen molar-refractivity contribution in [3.05, 3.63) is 41.7 Å². The highest BCUT2D eigenvalue weighted by atomic mass is 16.5. The van der Waals surface area contributed by atoms with Gasteiger partial charge in [0.25, 0.3) is 0 Å². The lowest BCUT2D eigenvalue weighted by Crippen LogP contribution is -2.08. The lowest BCUT2D eigenvalue weighted by Gasteiger charge is -2.13. The van der Waals surface area contributed by atoms with Crippen LogP contribution in [0.1, 0.15) is 42.9 Å². The molecule has 21 heavy (non-hydrogen) atoms. The number of benzene rings is 1. The van der Waals surface area contributed by atoms with Gasteiger partial charge in [0, 0.05) is 5.69 Å². The van der Waals surface area contributed by atoms with Crippen molar-refractivity contribution in [1.82, 2.24) is 9.78 Å². The second-order valence-corrected chi connectivity index (χ2v) is 4.91. The summed E-state index contributed by atoms with van der Waals surface area (Å²) in [6.45, 7) is 6.21. The Morgan fingerprint density at radius 2 is 2.05 bits per heavy atom. The third kappa shape index (κ3) is 3.07. The maximum Gasteiger partial charge on any atom is 0.358 e. The van der Waals surface area contributed by atoms with E-state index in [1.807, 2.05) is 24.3 Å². The van der Waals surface area contributed by atoms with Crippen LogP contribution in [-0.2, 0) is 4.74 Å². The van der Waals surface area contributed by atoms with Crippen molar-refractivity contribution in [2.24, 2.45) is 0 Å². The highest BCUT2D eigenvalue weighted by Gasteiger charge is 2.19. The summed E-state index contributed by atoms with van der Waals surface area (Å²) in [6, 6.07) is 9.35. The molecule has 1 aromatic heterocycles. The fourth-order valence-corrected chi connectivity index (χ4v) is 2.11. The molecule has 0 aliphatic carbocycles. The number of hydrogen-bond donors (Lipinski definition) is 0. The summed E-state index contributed by atoms with van der Waals surface area (Å²) in [5.41, 5.74) is 2.05. The quantitative estimate of drug-likeness (QED) is 0.793. The molecule has 0 saturated heterocycles. The summed E-state index contributed by atoms with van der Waals surface area (Å²) in [5.74, 6) is 0.511. The highest BCUT2D eigenvalue weighted by molar-refractivity contribution is 5.87.